The second kappa shape index (κ2) is 13.3. The normalized spacial score (nSPS) is 18.6. The minimum Gasteiger partial charge on any atom is -0.344 e. The molecule has 1 aliphatic rings. The highest BCUT2D eigenvalue weighted by Crippen LogP contribution is 2.21. The molecule has 0 aromatic heterocycles. The van der Waals surface area contributed by atoms with Gasteiger partial charge in [-0.3, -0.25) is 29.4 Å². The average Bonchev–Trinajstić information content (AvgIpc) is 2.71. The molecule has 9 nitrogen and oxygen atoms in total. The quantitative estimate of drug-likeness (QED) is 0.214. The second-order valence-electron chi connectivity index (χ2n) is 8.51. The van der Waals surface area contributed by atoms with E-state index >= 15 is 0 Å². The molecule has 0 spiro atoms. The number of nitrogens with one attached hydrogen (secondary N) is 3. The van der Waals surface area contributed by atoms with Gasteiger partial charge < -0.3 is 5.32 Å². The number of nitrogens with zero attached hydrogens (tertiary/aromatic N) is 1. The summed E-state index contributed by atoms with van der Waals surface area (Å²) in [6.45, 7) is 8.00. The molecule has 3 atom stereocenters. The molecule has 1 rings (SSSR count). The molecule has 0 aromatic carbocycles. The minimum absolute atomic E-state index is 0.115. The van der Waals surface area contributed by atoms with Crippen LogP contribution in [-0.4, -0.2) is 52.3 Å². The Kier molecular flexibility index (Phi) is 11.6. The summed E-state index contributed by atoms with van der Waals surface area (Å²) < 4.78 is 0. The van der Waals surface area contributed by atoms with Gasteiger partial charge in [0.2, 0.25) is 17.7 Å². The lowest BCUT2D eigenvalue weighted by Gasteiger charge is -2.37. The van der Waals surface area contributed by atoms with E-state index in [-0.39, 0.29) is 29.9 Å². The summed E-state index contributed by atoms with van der Waals surface area (Å²) >= 11 is 0. The molecule has 0 aromatic rings. The van der Waals surface area contributed by atoms with Gasteiger partial charge in [0.25, 0.3) is 0 Å². The lowest BCUT2D eigenvalue weighted by Crippen LogP contribution is -2.61. The number of Topliss-reactive ketones (excluding diaryl/α,β-unsaturated/α-hetero) is 1. The van der Waals surface area contributed by atoms with Crippen LogP contribution in [0.4, 0.5) is 0 Å². The summed E-state index contributed by atoms with van der Waals surface area (Å²) in [6, 6.07) is -1.33. The first-order chi connectivity index (χ1) is 14.2. The van der Waals surface area contributed by atoms with Crippen LogP contribution >= 0.6 is 0 Å². The molecule has 0 radical (unpaired) electrons. The van der Waals surface area contributed by atoms with Gasteiger partial charge in [0.15, 0.2) is 5.78 Å². The van der Waals surface area contributed by atoms with Crippen LogP contribution in [0.15, 0.2) is 0 Å². The van der Waals surface area contributed by atoms with Gasteiger partial charge >= 0.3 is 0 Å². The molecule has 30 heavy (non-hydrogen) atoms. The number of carbonyl (C=O) groups is 4. The molecular weight excluding hydrogens is 388 g/mol. The molecule has 1 fully saturated rings. The first-order valence-corrected chi connectivity index (χ1v) is 11.0. The fourth-order valence-corrected chi connectivity index (χ4v) is 3.70. The van der Waals surface area contributed by atoms with E-state index in [2.05, 4.69) is 10.7 Å². The largest absolute Gasteiger partial charge is 0.344 e. The Morgan fingerprint density at radius 2 is 1.90 bits per heavy atom. The third-order valence-electron chi connectivity index (χ3n) is 5.36. The molecule has 172 valence electrons. The van der Waals surface area contributed by atoms with Crippen molar-refractivity contribution in [1.82, 2.24) is 21.2 Å². The van der Waals surface area contributed by atoms with Crippen molar-refractivity contribution in [3.05, 3.63) is 0 Å². The van der Waals surface area contributed by atoms with E-state index < -0.39 is 23.9 Å². The van der Waals surface area contributed by atoms with Crippen molar-refractivity contribution in [1.29, 1.82) is 0 Å². The molecular formula is C21H38N4O5. The number of hydrogen-bond donors (Lipinski definition) is 4. The summed E-state index contributed by atoms with van der Waals surface area (Å²) in [5.74, 6) is -1.84. The van der Waals surface area contributed by atoms with Gasteiger partial charge in [-0.1, -0.05) is 40.0 Å². The van der Waals surface area contributed by atoms with Gasteiger partial charge in [-0.15, -0.1) is 0 Å². The van der Waals surface area contributed by atoms with Gasteiger partial charge in [0, 0.05) is 18.9 Å². The second-order valence-corrected chi connectivity index (χ2v) is 8.51. The lowest BCUT2D eigenvalue weighted by molar-refractivity contribution is -0.152. The molecule has 1 heterocycles. The molecule has 3 amide bonds. The Balaban J connectivity index is 2.94. The van der Waals surface area contributed by atoms with Crippen LogP contribution < -0.4 is 16.2 Å². The number of carbonyl (C=O) groups excluding carboxylic acids is 4. The number of hydroxylamine groups is 1. The van der Waals surface area contributed by atoms with Crippen LogP contribution in [0, 0.1) is 11.8 Å². The number of ketones is 1. The van der Waals surface area contributed by atoms with Crippen LogP contribution in [-0.2, 0) is 19.2 Å². The van der Waals surface area contributed by atoms with Crippen molar-refractivity contribution in [2.45, 2.75) is 91.1 Å². The zero-order chi connectivity index (χ0) is 22.7. The standard InChI is InChI=1S/C21H38N4O5/c1-5-6-7-9-16(13-19(27)24-30)21(29)25-18(10-8-11-22-25)20(28)23-17(15(4)26)12-14(2)3/h14,16-18,22,30H,5-13H2,1-4H3,(H,23,28)(H,24,27)/t16-,17?,18+/m1/s1. The molecule has 1 unspecified atom stereocenters. The molecule has 4 N–H and O–H groups in total. The van der Waals surface area contributed by atoms with Crippen LogP contribution in [0.25, 0.3) is 0 Å². The highest BCUT2D eigenvalue weighted by Gasteiger charge is 2.37. The lowest BCUT2D eigenvalue weighted by atomic mass is 9.94. The summed E-state index contributed by atoms with van der Waals surface area (Å²) in [4.78, 5) is 49.8. The van der Waals surface area contributed by atoms with Crippen LogP contribution in [0.1, 0.15) is 79.1 Å². The summed E-state index contributed by atoms with van der Waals surface area (Å²) in [6.07, 6.45) is 4.76. The predicted molar refractivity (Wildman–Crippen MR) is 112 cm³/mol. The smallest absolute Gasteiger partial charge is 0.245 e. The third-order valence-corrected chi connectivity index (χ3v) is 5.36. The molecule has 9 heteroatoms. The van der Waals surface area contributed by atoms with Crippen molar-refractivity contribution < 1.29 is 24.4 Å². The van der Waals surface area contributed by atoms with E-state index in [0.717, 1.165) is 19.3 Å². The number of rotatable bonds is 12. The molecule has 0 aliphatic carbocycles. The Bertz CT molecular complexity index is 596. The van der Waals surface area contributed by atoms with E-state index in [0.29, 0.717) is 32.2 Å². The van der Waals surface area contributed by atoms with Crippen molar-refractivity contribution in [2.75, 3.05) is 6.54 Å². The van der Waals surface area contributed by atoms with E-state index in [9.17, 15) is 19.2 Å². The van der Waals surface area contributed by atoms with E-state index in [1.54, 1.807) is 5.48 Å². The van der Waals surface area contributed by atoms with E-state index in [4.69, 9.17) is 5.21 Å². The van der Waals surface area contributed by atoms with Crippen LogP contribution in [0.2, 0.25) is 0 Å². The maximum Gasteiger partial charge on any atom is 0.245 e. The van der Waals surface area contributed by atoms with Crippen molar-refractivity contribution in [3.8, 4) is 0 Å². The fraction of sp³-hybridized carbons (Fsp3) is 0.810. The average molecular weight is 427 g/mol. The Morgan fingerprint density at radius 1 is 1.20 bits per heavy atom. The number of hydrazine groups is 1. The predicted octanol–water partition coefficient (Wildman–Crippen LogP) is 1.69. The van der Waals surface area contributed by atoms with Gasteiger partial charge in [-0.25, -0.2) is 10.9 Å². The molecule has 1 aliphatic heterocycles. The monoisotopic (exact) mass is 426 g/mol. The zero-order valence-electron chi connectivity index (χ0n) is 18.7. The summed E-state index contributed by atoms with van der Waals surface area (Å²) in [5.41, 5.74) is 4.59. The number of unbranched alkanes of at least 4 members (excludes halogenated alkanes) is 2. The zero-order valence-corrected chi connectivity index (χ0v) is 18.7. The summed E-state index contributed by atoms with van der Waals surface area (Å²) in [5, 5.41) is 13.0. The number of hydrogen-bond acceptors (Lipinski definition) is 6. The first kappa shape index (κ1) is 26.0. The Morgan fingerprint density at radius 3 is 2.47 bits per heavy atom. The van der Waals surface area contributed by atoms with Crippen molar-refractivity contribution >= 4 is 23.5 Å². The maximum atomic E-state index is 13.2. The molecule has 0 bridgehead atoms. The van der Waals surface area contributed by atoms with Gasteiger partial charge in [0.1, 0.15) is 6.04 Å². The SMILES string of the molecule is CCCCC[C@H](CC(=O)NO)C(=O)N1NCCC[C@H]1C(=O)NC(CC(C)C)C(C)=O. The highest BCUT2D eigenvalue weighted by molar-refractivity contribution is 5.93. The molecule has 1 saturated heterocycles. The number of amides is 3. The Hall–Kier alpha value is -2.00. The highest BCUT2D eigenvalue weighted by atomic mass is 16.5. The van der Waals surface area contributed by atoms with Crippen LogP contribution in [0.5, 0.6) is 0 Å². The first-order valence-electron chi connectivity index (χ1n) is 11.0. The minimum atomic E-state index is -0.744. The van der Waals surface area contributed by atoms with Crippen molar-refractivity contribution in [3.63, 3.8) is 0 Å². The fourth-order valence-electron chi connectivity index (χ4n) is 3.70. The topological polar surface area (TPSA) is 128 Å². The maximum absolute atomic E-state index is 13.2. The van der Waals surface area contributed by atoms with Gasteiger partial charge in [0.05, 0.1) is 6.04 Å². The van der Waals surface area contributed by atoms with Crippen LogP contribution in [0.3, 0.4) is 0 Å². The van der Waals surface area contributed by atoms with E-state index in [1.807, 2.05) is 20.8 Å². The molecule has 0 saturated carbocycles. The van der Waals surface area contributed by atoms with Gasteiger partial charge in [-0.2, -0.15) is 0 Å². The summed E-state index contributed by atoms with van der Waals surface area (Å²) in [7, 11) is 0. The van der Waals surface area contributed by atoms with Gasteiger partial charge in [-0.05, 0) is 38.5 Å². The van der Waals surface area contributed by atoms with Crippen molar-refractivity contribution in [2.24, 2.45) is 11.8 Å². The third kappa shape index (κ3) is 8.39. The van der Waals surface area contributed by atoms with E-state index in [1.165, 1.54) is 11.9 Å². The Labute approximate surface area is 179 Å².